The molecule has 0 aromatic heterocycles. The Labute approximate surface area is 97.3 Å². The summed E-state index contributed by atoms with van der Waals surface area (Å²) in [5.74, 6) is 6.95. The average molecular weight is 218 g/mol. The minimum absolute atomic E-state index is 0.217. The van der Waals surface area contributed by atoms with Crippen LogP contribution in [-0.2, 0) is 0 Å². The monoisotopic (exact) mass is 218 g/mol. The van der Waals surface area contributed by atoms with Gasteiger partial charge in [0.05, 0.1) is 13.2 Å². The Balaban J connectivity index is 2.44. The maximum atomic E-state index is 9.34. The molecule has 0 fully saturated rings. The topological polar surface area (TPSA) is 29.5 Å². The largest absolute Gasteiger partial charge is 0.497 e. The Kier molecular flexibility index (Phi) is 5.45. The highest BCUT2D eigenvalue weighted by atomic mass is 16.5. The summed E-state index contributed by atoms with van der Waals surface area (Å²) >= 11 is 0. The van der Waals surface area contributed by atoms with Crippen molar-refractivity contribution in [3.63, 3.8) is 0 Å². The molecule has 0 heterocycles. The van der Waals surface area contributed by atoms with E-state index in [4.69, 9.17) is 4.74 Å². The van der Waals surface area contributed by atoms with Gasteiger partial charge < -0.3 is 9.84 Å². The van der Waals surface area contributed by atoms with Crippen LogP contribution in [0, 0.1) is 11.8 Å². The van der Waals surface area contributed by atoms with Gasteiger partial charge in [0.2, 0.25) is 0 Å². The molecule has 0 aliphatic heterocycles. The number of hydrogen-bond donors (Lipinski definition) is 1. The summed E-state index contributed by atoms with van der Waals surface area (Å²) in [6, 6.07) is 7.65. The molecular formula is C14H18O2. The first-order chi connectivity index (χ1) is 7.76. The lowest BCUT2D eigenvalue weighted by Crippen LogP contribution is -2.02. The van der Waals surface area contributed by atoms with Crippen LogP contribution in [0.2, 0.25) is 0 Å². The molecule has 1 rings (SSSR count). The van der Waals surface area contributed by atoms with Crippen molar-refractivity contribution in [1.82, 2.24) is 0 Å². The Morgan fingerprint density at radius 3 is 2.56 bits per heavy atom. The van der Waals surface area contributed by atoms with Crippen LogP contribution in [0.4, 0.5) is 0 Å². The number of ether oxygens (including phenoxy) is 1. The minimum atomic E-state index is -0.217. The fourth-order valence-electron chi connectivity index (χ4n) is 1.28. The summed E-state index contributed by atoms with van der Waals surface area (Å²) in [4.78, 5) is 0. The van der Waals surface area contributed by atoms with Crippen molar-refractivity contribution in [3.8, 4) is 17.6 Å². The van der Waals surface area contributed by atoms with Gasteiger partial charge in [-0.05, 0) is 37.1 Å². The second kappa shape index (κ2) is 6.92. The van der Waals surface area contributed by atoms with Crippen LogP contribution < -0.4 is 4.74 Å². The van der Waals surface area contributed by atoms with Gasteiger partial charge in [-0.3, -0.25) is 0 Å². The van der Waals surface area contributed by atoms with Gasteiger partial charge in [-0.1, -0.05) is 18.8 Å². The van der Waals surface area contributed by atoms with E-state index >= 15 is 0 Å². The van der Waals surface area contributed by atoms with Crippen molar-refractivity contribution in [2.24, 2.45) is 0 Å². The Morgan fingerprint density at radius 2 is 2.00 bits per heavy atom. The van der Waals surface area contributed by atoms with E-state index in [2.05, 4.69) is 11.8 Å². The molecule has 0 radical (unpaired) electrons. The molecule has 0 saturated carbocycles. The van der Waals surface area contributed by atoms with E-state index in [1.165, 1.54) is 0 Å². The van der Waals surface area contributed by atoms with Gasteiger partial charge >= 0.3 is 0 Å². The molecular weight excluding hydrogens is 200 g/mol. The first-order valence-electron chi connectivity index (χ1n) is 5.57. The van der Waals surface area contributed by atoms with Crippen molar-refractivity contribution >= 4 is 0 Å². The van der Waals surface area contributed by atoms with Crippen LogP contribution in [0.5, 0.6) is 5.75 Å². The van der Waals surface area contributed by atoms with Gasteiger partial charge in [0.15, 0.2) is 0 Å². The van der Waals surface area contributed by atoms with Crippen LogP contribution in [0.25, 0.3) is 0 Å². The van der Waals surface area contributed by atoms with Crippen LogP contribution in [0.1, 0.15) is 31.7 Å². The molecule has 1 atom stereocenters. The molecule has 1 unspecified atom stereocenters. The molecule has 0 aliphatic rings. The van der Waals surface area contributed by atoms with E-state index < -0.39 is 0 Å². The van der Waals surface area contributed by atoms with E-state index in [9.17, 15) is 5.11 Å². The zero-order chi connectivity index (χ0) is 11.8. The number of rotatable bonds is 4. The van der Waals surface area contributed by atoms with E-state index in [1.54, 1.807) is 7.11 Å². The summed E-state index contributed by atoms with van der Waals surface area (Å²) in [5.41, 5.74) is 0.979. The lowest BCUT2D eigenvalue weighted by atomic mass is 10.1. The van der Waals surface area contributed by atoms with Gasteiger partial charge in [-0.2, -0.15) is 0 Å². The second-order valence-electron chi connectivity index (χ2n) is 3.63. The fourth-order valence-corrected chi connectivity index (χ4v) is 1.28. The molecule has 0 aliphatic carbocycles. The van der Waals surface area contributed by atoms with E-state index in [1.807, 2.05) is 31.2 Å². The molecule has 16 heavy (non-hydrogen) atoms. The Hall–Kier alpha value is -1.46. The number of hydrogen-bond acceptors (Lipinski definition) is 2. The minimum Gasteiger partial charge on any atom is -0.497 e. The standard InChI is InChI=1S/C14H18O2/c1-3-13(15)7-5-4-6-12-8-10-14(16-2)11-9-12/h8-11,13,15H,3,5,7H2,1-2H3. The number of methoxy groups -OCH3 is 1. The average Bonchev–Trinajstić information content (AvgIpc) is 2.35. The molecule has 0 spiro atoms. The van der Waals surface area contributed by atoms with Crippen LogP contribution in [0.3, 0.4) is 0 Å². The lowest BCUT2D eigenvalue weighted by Gasteiger charge is -2.02. The summed E-state index contributed by atoms with van der Waals surface area (Å²) in [6.45, 7) is 1.97. The second-order valence-corrected chi connectivity index (χ2v) is 3.63. The van der Waals surface area contributed by atoms with Crippen LogP contribution in [-0.4, -0.2) is 18.3 Å². The molecule has 2 heteroatoms. The van der Waals surface area contributed by atoms with Gasteiger partial charge in [0.1, 0.15) is 5.75 Å². The third-order valence-electron chi connectivity index (χ3n) is 2.40. The maximum absolute atomic E-state index is 9.34. The van der Waals surface area contributed by atoms with Crippen molar-refractivity contribution in [3.05, 3.63) is 29.8 Å². The summed E-state index contributed by atoms with van der Waals surface area (Å²) in [7, 11) is 1.65. The molecule has 2 nitrogen and oxygen atoms in total. The summed E-state index contributed by atoms with van der Waals surface area (Å²) in [6.07, 6.45) is 2.07. The first-order valence-corrected chi connectivity index (χ1v) is 5.57. The summed E-state index contributed by atoms with van der Waals surface area (Å²) in [5, 5.41) is 9.34. The van der Waals surface area contributed by atoms with E-state index in [-0.39, 0.29) is 6.10 Å². The quantitative estimate of drug-likeness (QED) is 0.787. The highest BCUT2D eigenvalue weighted by Gasteiger charge is 1.97. The van der Waals surface area contributed by atoms with Crippen molar-refractivity contribution in [2.75, 3.05) is 7.11 Å². The third-order valence-corrected chi connectivity index (χ3v) is 2.40. The molecule has 1 aromatic rings. The molecule has 0 bridgehead atoms. The highest BCUT2D eigenvalue weighted by Crippen LogP contribution is 2.10. The predicted molar refractivity (Wildman–Crippen MR) is 65.4 cm³/mol. The third kappa shape index (κ3) is 4.37. The van der Waals surface area contributed by atoms with E-state index in [0.717, 1.165) is 30.6 Å². The molecule has 1 N–H and O–H groups in total. The van der Waals surface area contributed by atoms with Gasteiger partial charge in [-0.15, -0.1) is 0 Å². The van der Waals surface area contributed by atoms with Gasteiger partial charge in [0, 0.05) is 12.0 Å². The van der Waals surface area contributed by atoms with Crippen molar-refractivity contribution in [2.45, 2.75) is 32.3 Å². The van der Waals surface area contributed by atoms with Crippen molar-refractivity contribution < 1.29 is 9.84 Å². The number of aliphatic hydroxyl groups excluding tert-OH is 1. The highest BCUT2D eigenvalue weighted by molar-refractivity contribution is 5.38. The first kappa shape index (κ1) is 12.6. The molecule has 1 aromatic carbocycles. The van der Waals surface area contributed by atoms with Crippen LogP contribution >= 0.6 is 0 Å². The molecule has 86 valence electrons. The SMILES string of the molecule is CCC(O)CCC#Cc1ccc(OC)cc1. The fraction of sp³-hybridized carbons (Fsp3) is 0.429. The normalized spacial score (nSPS) is 11.4. The Bertz CT molecular complexity index is 357. The smallest absolute Gasteiger partial charge is 0.118 e. The van der Waals surface area contributed by atoms with Gasteiger partial charge in [-0.25, -0.2) is 0 Å². The van der Waals surface area contributed by atoms with Gasteiger partial charge in [0.25, 0.3) is 0 Å². The number of aliphatic hydroxyl groups is 1. The van der Waals surface area contributed by atoms with Crippen molar-refractivity contribution in [1.29, 1.82) is 0 Å². The van der Waals surface area contributed by atoms with E-state index in [0.29, 0.717) is 0 Å². The molecule has 0 amide bonds. The zero-order valence-electron chi connectivity index (χ0n) is 9.86. The van der Waals surface area contributed by atoms with Crippen LogP contribution in [0.15, 0.2) is 24.3 Å². The summed E-state index contributed by atoms with van der Waals surface area (Å²) < 4.78 is 5.06. The maximum Gasteiger partial charge on any atom is 0.118 e. The number of benzene rings is 1. The lowest BCUT2D eigenvalue weighted by molar-refractivity contribution is 0.162. The predicted octanol–water partition coefficient (Wildman–Crippen LogP) is 2.60. The molecule has 0 saturated heterocycles. The Morgan fingerprint density at radius 1 is 1.31 bits per heavy atom. The zero-order valence-corrected chi connectivity index (χ0v) is 9.86.